The molecular formula is C38H46N6O8. The Kier molecular flexibility index (Phi) is 15.2. The highest BCUT2D eigenvalue weighted by molar-refractivity contribution is 5.98. The summed E-state index contributed by atoms with van der Waals surface area (Å²) in [7, 11) is 0. The molecule has 8 N–H and O–H groups in total. The van der Waals surface area contributed by atoms with Crippen molar-refractivity contribution in [2.45, 2.75) is 70.7 Å². The summed E-state index contributed by atoms with van der Waals surface area (Å²) in [4.78, 5) is 63.6. The molecule has 2 atom stereocenters. The molecule has 0 fully saturated rings. The third kappa shape index (κ3) is 12.5. The number of hydrogen-bond donors (Lipinski definition) is 6. The molecule has 276 valence electrons. The van der Waals surface area contributed by atoms with E-state index in [2.05, 4.69) is 21.3 Å². The zero-order valence-electron chi connectivity index (χ0n) is 29.2. The Balaban J connectivity index is 1.32. The number of carbonyl (C=O) groups excluding carboxylic acids is 4. The highest BCUT2D eigenvalue weighted by Crippen LogP contribution is 2.21. The van der Waals surface area contributed by atoms with Gasteiger partial charge in [0.15, 0.2) is 0 Å². The van der Waals surface area contributed by atoms with E-state index < -0.39 is 41.7 Å². The lowest BCUT2D eigenvalue weighted by Crippen LogP contribution is -2.52. The van der Waals surface area contributed by atoms with E-state index in [-0.39, 0.29) is 13.2 Å². The Morgan fingerprint density at radius 3 is 1.92 bits per heavy atom. The number of benzene rings is 3. The van der Waals surface area contributed by atoms with Gasteiger partial charge in [-0.25, -0.2) is 14.4 Å². The van der Waals surface area contributed by atoms with Gasteiger partial charge in [-0.1, -0.05) is 42.5 Å². The van der Waals surface area contributed by atoms with Crippen LogP contribution in [0.15, 0.2) is 88.1 Å². The Labute approximate surface area is 301 Å². The Morgan fingerprint density at radius 1 is 0.673 bits per heavy atom. The Bertz CT molecular complexity index is 1850. The first-order chi connectivity index (χ1) is 25.1. The van der Waals surface area contributed by atoms with Crippen molar-refractivity contribution >= 4 is 46.3 Å². The number of ether oxygens (including phenoxy) is 2. The zero-order valence-corrected chi connectivity index (χ0v) is 29.2. The molecule has 0 spiro atoms. The van der Waals surface area contributed by atoms with E-state index in [0.717, 1.165) is 16.5 Å². The van der Waals surface area contributed by atoms with Crippen molar-refractivity contribution in [3.05, 3.63) is 106 Å². The number of fused-ring (bicyclic) bond motifs is 1. The van der Waals surface area contributed by atoms with Crippen LogP contribution in [0.4, 0.5) is 21.0 Å². The molecule has 0 radical (unpaired) electrons. The second-order valence-corrected chi connectivity index (χ2v) is 12.2. The summed E-state index contributed by atoms with van der Waals surface area (Å²) in [5.41, 5.74) is 14.3. The molecule has 4 rings (SSSR count). The van der Waals surface area contributed by atoms with Crippen molar-refractivity contribution in [1.82, 2.24) is 10.6 Å². The maximum absolute atomic E-state index is 13.4. The molecule has 0 aliphatic heterocycles. The SMILES string of the molecule is Cc1cc(=O)oc2cc(NC(=O)OCc3ccc(NC(=O)[C@H](CCCCN)NC(=O)[C@H](CCCCN)NC(=O)OCc4ccccc4)cc3)ccc12. The van der Waals surface area contributed by atoms with Gasteiger partial charge in [0, 0.05) is 28.9 Å². The molecule has 1 heterocycles. The average molecular weight is 715 g/mol. The van der Waals surface area contributed by atoms with Crippen LogP contribution in [-0.4, -0.2) is 49.2 Å². The van der Waals surface area contributed by atoms with Crippen LogP contribution in [0, 0.1) is 6.92 Å². The summed E-state index contributed by atoms with van der Waals surface area (Å²) in [5, 5.41) is 11.6. The van der Waals surface area contributed by atoms with E-state index in [1.165, 1.54) is 6.07 Å². The molecule has 0 aliphatic rings. The number of alkyl carbamates (subject to hydrolysis) is 1. The molecule has 0 aliphatic carbocycles. The van der Waals surface area contributed by atoms with Crippen molar-refractivity contribution in [2.75, 3.05) is 23.7 Å². The number of carbonyl (C=O) groups is 4. The number of amides is 4. The fourth-order valence-electron chi connectivity index (χ4n) is 5.32. The summed E-state index contributed by atoms with van der Waals surface area (Å²) < 4.78 is 15.9. The van der Waals surface area contributed by atoms with Gasteiger partial charge in [-0.05, 0) is 99.5 Å². The number of anilines is 2. The third-order valence-corrected chi connectivity index (χ3v) is 8.14. The van der Waals surface area contributed by atoms with Crippen LogP contribution >= 0.6 is 0 Å². The molecule has 0 unspecified atom stereocenters. The van der Waals surface area contributed by atoms with E-state index in [1.54, 1.807) is 49.4 Å². The molecule has 4 amide bonds. The standard InChI is InChI=1S/C38H46N6O8/c1-25-21-34(45)52-33-22-29(17-18-30(25)33)42-37(48)50-24-27-13-15-28(16-14-27)41-35(46)31(11-5-7-19-39)43-36(47)32(12-6-8-20-40)44-38(49)51-23-26-9-3-2-4-10-26/h2-4,9-10,13-18,21-22,31-32H,5-8,11-12,19-20,23-24,39-40H2,1H3,(H,41,46)(H,42,48)(H,43,47)(H,44,49)/t31-,32-/m0/s1. The van der Waals surface area contributed by atoms with Crippen molar-refractivity contribution in [2.24, 2.45) is 11.5 Å². The first-order valence-corrected chi connectivity index (χ1v) is 17.2. The van der Waals surface area contributed by atoms with Gasteiger partial charge in [-0.2, -0.15) is 0 Å². The Hall–Kier alpha value is -5.73. The number of unbranched alkanes of at least 4 members (excludes halogenated alkanes) is 2. The quantitative estimate of drug-likeness (QED) is 0.0610. The van der Waals surface area contributed by atoms with Gasteiger partial charge in [-0.3, -0.25) is 14.9 Å². The normalized spacial score (nSPS) is 12.0. The zero-order chi connectivity index (χ0) is 37.3. The van der Waals surface area contributed by atoms with Crippen molar-refractivity contribution in [1.29, 1.82) is 0 Å². The van der Waals surface area contributed by atoms with E-state index in [1.807, 2.05) is 30.3 Å². The summed E-state index contributed by atoms with van der Waals surface area (Å²) >= 11 is 0. The van der Waals surface area contributed by atoms with E-state index in [0.29, 0.717) is 74.1 Å². The molecule has 52 heavy (non-hydrogen) atoms. The van der Waals surface area contributed by atoms with Gasteiger partial charge >= 0.3 is 17.8 Å². The van der Waals surface area contributed by atoms with Crippen LogP contribution in [0.3, 0.4) is 0 Å². The molecule has 0 bridgehead atoms. The topological polar surface area (TPSA) is 217 Å². The van der Waals surface area contributed by atoms with Crippen molar-refractivity contribution in [3.8, 4) is 0 Å². The molecule has 3 aromatic carbocycles. The minimum atomic E-state index is -0.942. The van der Waals surface area contributed by atoms with Crippen molar-refractivity contribution in [3.63, 3.8) is 0 Å². The van der Waals surface area contributed by atoms with Gasteiger partial charge in [0.1, 0.15) is 30.9 Å². The number of aryl methyl sites for hydroxylation is 1. The summed E-state index contributed by atoms with van der Waals surface area (Å²) in [6.07, 6.45) is 1.66. The average Bonchev–Trinajstić information content (AvgIpc) is 3.13. The van der Waals surface area contributed by atoms with Gasteiger partial charge in [0.25, 0.3) is 0 Å². The van der Waals surface area contributed by atoms with Crippen molar-refractivity contribution < 1.29 is 33.1 Å². The molecule has 1 aromatic heterocycles. The number of hydrogen-bond acceptors (Lipinski definition) is 10. The molecule has 14 heteroatoms. The second kappa shape index (κ2) is 20.2. The smallest absolute Gasteiger partial charge is 0.411 e. The molecule has 0 saturated heterocycles. The summed E-state index contributed by atoms with van der Waals surface area (Å²) in [6.45, 7) is 2.65. The van der Waals surface area contributed by atoms with E-state index >= 15 is 0 Å². The lowest BCUT2D eigenvalue weighted by molar-refractivity contribution is -0.128. The summed E-state index contributed by atoms with van der Waals surface area (Å²) in [5.74, 6) is -0.960. The van der Waals surface area contributed by atoms with Gasteiger partial charge in [0.2, 0.25) is 11.8 Å². The summed E-state index contributed by atoms with van der Waals surface area (Å²) in [6, 6.07) is 20.4. The van der Waals surface area contributed by atoms with Crippen LogP contribution in [0.25, 0.3) is 11.0 Å². The first-order valence-electron chi connectivity index (χ1n) is 17.2. The number of nitrogens with one attached hydrogen (secondary N) is 4. The van der Waals surface area contributed by atoms with E-state index in [9.17, 15) is 24.0 Å². The first kappa shape index (κ1) is 39.1. The number of nitrogens with two attached hydrogens (primary N) is 2. The second-order valence-electron chi connectivity index (χ2n) is 12.2. The predicted octanol–water partition coefficient (Wildman–Crippen LogP) is 4.83. The van der Waals surface area contributed by atoms with Crippen LogP contribution in [0.1, 0.15) is 55.2 Å². The van der Waals surface area contributed by atoms with Gasteiger partial charge in [-0.15, -0.1) is 0 Å². The molecule has 4 aromatic rings. The van der Waals surface area contributed by atoms with Crippen LogP contribution in [-0.2, 0) is 32.3 Å². The van der Waals surface area contributed by atoms with Crippen LogP contribution < -0.4 is 38.4 Å². The monoisotopic (exact) mass is 714 g/mol. The van der Waals surface area contributed by atoms with Crippen LogP contribution in [0.5, 0.6) is 0 Å². The lowest BCUT2D eigenvalue weighted by atomic mass is 10.1. The third-order valence-electron chi connectivity index (χ3n) is 8.14. The molecule has 14 nitrogen and oxygen atoms in total. The van der Waals surface area contributed by atoms with Crippen LogP contribution in [0.2, 0.25) is 0 Å². The highest BCUT2D eigenvalue weighted by Gasteiger charge is 2.27. The molecular weight excluding hydrogens is 668 g/mol. The number of rotatable bonds is 18. The fourth-order valence-corrected chi connectivity index (χ4v) is 5.32. The fraction of sp³-hybridized carbons (Fsp3) is 0.342. The predicted molar refractivity (Wildman–Crippen MR) is 197 cm³/mol. The van der Waals surface area contributed by atoms with Gasteiger partial charge in [0.05, 0.1) is 0 Å². The minimum Gasteiger partial charge on any atom is -0.445 e. The Morgan fingerprint density at radius 2 is 1.27 bits per heavy atom. The molecule has 0 saturated carbocycles. The van der Waals surface area contributed by atoms with E-state index in [4.69, 9.17) is 25.4 Å². The van der Waals surface area contributed by atoms with Gasteiger partial charge < -0.3 is 41.3 Å². The lowest BCUT2D eigenvalue weighted by Gasteiger charge is -2.23. The maximum Gasteiger partial charge on any atom is 0.411 e. The highest BCUT2D eigenvalue weighted by atomic mass is 16.6. The largest absolute Gasteiger partial charge is 0.445 e. The minimum absolute atomic E-state index is 0.0407. The maximum atomic E-state index is 13.4.